The molecule has 1 rings (SSSR count). The zero-order valence-electron chi connectivity index (χ0n) is 12.1. The Balaban J connectivity index is 2.48. The van der Waals surface area contributed by atoms with Crippen LogP contribution in [0.1, 0.15) is 34.1 Å². The van der Waals surface area contributed by atoms with Gasteiger partial charge in [0.25, 0.3) is 0 Å². The summed E-state index contributed by atoms with van der Waals surface area (Å²) in [6, 6.07) is 1.38. The van der Waals surface area contributed by atoms with Crippen LogP contribution in [0.15, 0.2) is 0 Å². The fourth-order valence-corrected chi connectivity index (χ4v) is 1.85. The van der Waals surface area contributed by atoms with Crippen molar-refractivity contribution < 1.29 is 4.79 Å². The second-order valence-corrected chi connectivity index (χ2v) is 5.66. The van der Waals surface area contributed by atoms with E-state index < -0.39 is 0 Å². The van der Waals surface area contributed by atoms with E-state index in [1.54, 1.807) is 0 Å². The molecule has 0 N–H and O–H groups in total. The summed E-state index contributed by atoms with van der Waals surface area (Å²) in [6.07, 6.45) is 1.13. The monoisotopic (exact) mass is 241 g/mol. The summed E-state index contributed by atoms with van der Waals surface area (Å²) in [4.78, 5) is 18.3. The standard InChI is InChI=1S/C13H27N3O/c1-10(2)14(5)9-12-7-8-16(12)13(17)15(6)11(3)4/h10-12H,7-9H2,1-6H3. The normalized spacial score (nSPS) is 20.1. The van der Waals surface area contributed by atoms with Crippen molar-refractivity contribution in [2.45, 2.75) is 52.2 Å². The average molecular weight is 241 g/mol. The van der Waals surface area contributed by atoms with E-state index in [2.05, 4.69) is 25.8 Å². The number of nitrogens with zero attached hydrogens (tertiary/aromatic N) is 3. The Bertz CT molecular complexity index is 265. The minimum atomic E-state index is 0.174. The van der Waals surface area contributed by atoms with Gasteiger partial charge in [-0.1, -0.05) is 0 Å². The SMILES string of the molecule is CC(C)N(C)CC1CCN1C(=O)N(C)C(C)C. The van der Waals surface area contributed by atoms with Crippen LogP contribution in [-0.4, -0.2) is 66.0 Å². The third kappa shape index (κ3) is 3.35. The molecule has 1 aliphatic heterocycles. The van der Waals surface area contributed by atoms with Crippen molar-refractivity contribution >= 4 is 6.03 Å². The Morgan fingerprint density at radius 3 is 2.18 bits per heavy atom. The average Bonchev–Trinajstić information content (AvgIpc) is 2.22. The highest BCUT2D eigenvalue weighted by Crippen LogP contribution is 2.21. The molecule has 0 aromatic rings. The molecule has 0 spiro atoms. The fraction of sp³-hybridized carbons (Fsp3) is 0.923. The Morgan fingerprint density at radius 1 is 1.24 bits per heavy atom. The molecule has 0 bridgehead atoms. The van der Waals surface area contributed by atoms with E-state index >= 15 is 0 Å². The van der Waals surface area contributed by atoms with E-state index in [1.807, 2.05) is 30.7 Å². The first-order chi connectivity index (χ1) is 7.84. The van der Waals surface area contributed by atoms with Crippen LogP contribution in [0.25, 0.3) is 0 Å². The molecule has 2 amide bonds. The minimum absolute atomic E-state index is 0.174. The Morgan fingerprint density at radius 2 is 1.82 bits per heavy atom. The molecule has 4 nitrogen and oxygen atoms in total. The summed E-state index contributed by atoms with van der Waals surface area (Å²) in [5, 5.41) is 0. The Kier molecular flexibility index (Phi) is 4.80. The summed E-state index contributed by atoms with van der Waals surface area (Å²) >= 11 is 0. The molecule has 0 aromatic heterocycles. The molecule has 100 valence electrons. The topological polar surface area (TPSA) is 26.8 Å². The van der Waals surface area contributed by atoms with Crippen molar-refractivity contribution in [1.29, 1.82) is 0 Å². The molecule has 1 fully saturated rings. The maximum Gasteiger partial charge on any atom is 0.320 e. The number of carbonyl (C=O) groups is 1. The number of hydrogen-bond acceptors (Lipinski definition) is 2. The van der Waals surface area contributed by atoms with Crippen LogP contribution in [0.5, 0.6) is 0 Å². The lowest BCUT2D eigenvalue weighted by molar-refractivity contribution is 0.0609. The number of carbonyl (C=O) groups excluding carboxylic acids is 1. The summed E-state index contributed by atoms with van der Waals surface area (Å²) in [7, 11) is 4.01. The molecule has 0 saturated carbocycles. The van der Waals surface area contributed by atoms with Crippen LogP contribution in [0.4, 0.5) is 4.79 Å². The van der Waals surface area contributed by atoms with Gasteiger partial charge >= 0.3 is 6.03 Å². The van der Waals surface area contributed by atoms with Gasteiger partial charge in [0.15, 0.2) is 0 Å². The van der Waals surface area contributed by atoms with E-state index in [9.17, 15) is 4.79 Å². The van der Waals surface area contributed by atoms with E-state index in [-0.39, 0.29) is 12.1 Å². The lowest BCUT2D eigenvalue weighted by Crippen LogP contribution is -2.59. The van der Waals surface area contributed by atoms with Crippen LogP contribution in [0.2, 0.25) is 0 Å². The second kappa shape index (κ2) is 5.71. The molecule has 4 heteroatoms. The molecule has 17 heavy (non-hydrogen) atoms. The second-order valence-electron chi connectivity index (χ2n) is 5.66. The van der Waals surface area contributed by atoms with Crippen LogP contribution in [0, 0.1) is 0 Å². The molecule has 0 radical (unpaired) electrons. The lowest BCUT2D eigenvalue weighted by Gasteiger charge is -2.45. The van der Waals surface area contributed by atoms with Gasteiger partial charge in [0.2, 0.25) is 0 Å². The van der Waals surface area contributed by atoms with Gasteiger partial charge < -0.3 is 14.7 Å². The fourth-order valence-electron chi connectivity index (χ4n) is 1.85. The molecule has 0 aliphatic carbocycles. The zero-order valence-corrected chi connectivity index (χ0v) is 12.1. The van der Waals surface area contributed by atoms with Crippen LogP contribution >= 0.6 is 0 Å². The van der Waals surface area contributed by atoms with Gasteiger partial charge in [0, 0.05) is 38.3 Å². The smallest absolute Gasteiger partial charge is 0.320 e. The van der Waals surface area contributed by atoms with Crippen molar-refractivity contribution in [3.05, 3.63) is 0 Å². The molecule has 1 saturated heterocycles. The van der Waals surface area contributed by atoms with Crippen molar-refractivity contribution in [2.24, 2.45) is 0 Å². The molecule has 1 aliphatic rings. The highest BCUT2D eigenvalue weighted by Gasteiger charge is 2.35. The van der Waals surface area contributed by atoms with Crippen LogP contribution in [0.3, 0.4) is 0 Å². The quantitative estimate of drug-likeness (QED) is 0.751. The molecular formula is C13H27N3O. The predicted molar refractivity (Wildman–Crippen MR) is 71.2 cm³/mol. The van der Waals surface area contributed by atoms with Crippen molar-refractivity contribution in [3.63, 3.8) is 0 Å². The van der Waals surface area contributed by atoms with Crippen molar-refractivity contribution in [2.75, 3.05) is 27.2 Å². The van der Waals surface area contributed by atoms with Gasteiger partial charge in [-0.3, -0.25) is 0 Å². The molecule has 0 aromatic carbocycles. The number of likely N-dealkylation sites (tertiary alicyclic amines) is 1. The number of likely N-dealkylation sites (N-methyl/N-ethyl adjacent to an activating group) is 1. The van der Waals surface area contributed by atoms with Gasteiger partial charge in [-0.2, -0.15) is 0 Å². The predicted octanol–water partition coefficient (Wildman–Crippen LogP) is 1.86. The summed E-state index contributed by atoms with van der Waals surface area (Å²) in [5.41, 5.74) is 0. The maximum absolute atomic E-state index is 12.2. The van der Waals surface area contributed by atoms with Crippen LogP contribution < -0.4 is 0 Å². The van der Waals surface area contributed by atoms with E-state index in [0.717, 1.165) is 19.5 Å². The van der Waals surface area contributed by atoms with Gasteiger partial charge in [-0.15, -0.1) is 0 Å². The van der Waals surface area contributed by atoms with Gasteiger partial charge in [-0.05, 0) is 41.2 Å². The third-order valence-electron chi connectivity index (χ3n) is 3.85. The highest BCUT2D eigenvalue weighted by molar-refractivity contribution is 5.75. The van der Waals surface area contributed by atoms with E-state index in [1.165, 1.54) is 0 Å². The summed E-state index contributed by atoms with van der Waals surface area (Å²) in [6.45, 7) is 10.4. The van der Waals surface area contributed by atoms with Gasteiger partial charge in [-0.25, -0.2) is 4.79 Å². The van der Waals surface area contributed by atoms with Crippen molar-refractivity contribution in [1.82, 2.24) is 14.7 Å². The molecular weight excluding hydrogens is 214 g/mol. The van der Waals surface area contributed by atoms with Gasteiger partial charge in [0.1, 0.15) is 0 Å². The van der Waals surface area contributed by atoms with Crippen LogP contribution in [-0.2, 0) is 0 Å². The Hall–Kier alpha value is -0.770. The zero-order chi connectivity index (χ0) is 13.2. The first kappa shape index (κ1) is 14.3. The number of hydrogen-bond donors (Lipinski definition) is 0. The molecule has 1 unspecified atom stereocenters. The third-order valence-corrected chi connectivity index (χ3v) is 3.85. The Labute approximate surface area is 106 Å². The van der Waals surface area contributed by atoms with Crippen molar-refractivity contribution in [3.8, 4) is 0 Å². The number of urea groups is 1. The largest absolute Gasteiger partial charge is 0.325 e. The number of rotatable bonds is 4. The van der Waals surface area contributed by atoms with E-state index in [4.69, 9.17) is 0 Å². The molecule has 1 atom stereocenters. The first-order valence-corrected chi connectivity index (χ1v) is 6.58. The number of amides is 2. The summed E-state index contributed by atoms with van der Waals surface area (Å²) in [5.74, 6) is 0. The highest BCUT2D eigenvalue weighted by atomic mass is 16.2. The maximum atomic E-state index is 12.2. The van der Waals surface area contributed by atoms with E-state index in [0.29, 0.717) is 12.1 Å². The molecule has 1 heterocycles. The summed E-state index contributed by atoms with van der Waals surface area (Å²) < 4.78 is 0. The minimum Gasteiger partial charge on any atom is -0.325 e. The lowest BCUT2D eigenvalue weighted by atomic mass is 10.0. The van der Waals surface area contributed by atoms with Gasteiger partial charge in [0.05, 0.1) is 0 Å². The first-order valence-electron chi connectivity index (χ1n) is 6.58.